The summed E-state index contributed by atoms with van der Waals surface area (Å²) in [7, 11) is 0. The fourth-order valence-electron chi connectivity index (χ4n) is 0.0325. The SMILES string of the molecule is O=NOC(F)F. The first-order valence-electron chi connectivity index (χ1n) is 1.04. The van der Waals surface area contributed by atoms with Crippen LogP contribution >= 0.6 is 0 Å². The Labute approximate surface area is 31.8 Å². The fraction of sp³-hybridized carbons (Fsp3) is 1.00. The molecule has 0 saturated carbocycles. The van der Waals surface area contributed by atoms with Crippen molar-refractivity contribution in [2.24, 2.45) is 5.34 Å². The molecule has 0 aromatic heterocycles. The molecule has 36 valence electrons. The van der Waals surface area contributed by atoms with Crippen LogP contribution in [0.25, 0.3) is 0 Å². The van der Waals surface area contributed by atoms with E-state index in [1.165, 1.54) is 5.34 Å². The van der Waals surface area contributed by atoms with E-state index in [2.05, 4.69) is 4.84 Å². The van der Waals surface area contributed by atoms with Gasteiger partial charge in [-0.3, -0.25) is 4.84 Å². The van der Waals surface area contributed by atoms with E-state index >= 15 is 0 Å². The van der Waals surface area contributed by atoms with E-state index in [9.17, 15) is 8.78 Å². The van der Waals surface area contributed by atoms with Crippen molar-refractivity contribution in [2.75, 3.05) is 0 Å². The van der Waals surface area contributed by atoms with Gasteiger partial charge in [0.25, 0.3) is 0 Å². The van der Waals surface area contributed by atoms with Crippen LogP contribution in [0.3, 0.4) is 0 Å². The van der Waals surface area contributed by atoms with Crippen molar-refractivity contribution in [3.8, 4) is 0 Å². The average Bonchev–Trinajstić information content (AvgIpc) is 1.35. The highest BCUT2D eigenvalue weighted by Gasteiger charge is 1.97. The zero-order valence-electron chi connectivity index (χ0n) is 2.60. The monoisotopic (exact) mass is 97.0 g/mol. The summed E-state index contributed by atoms with van der Waals surface area (Å²) in [5, 5.41) is 1.44. The van der Waals surface area contributed by atoms with Crippen molar-refractivity contribution in [2.45, 2.75) is 6.61 Å². The molecule has 0 aliphatic heterocycles. The normalized spacial score (nSPS) is 8.50. The van der Waals surface area contributed by atoms with Crippen LogP contribution in [0.5, 0.6) is 0 Å². The highest BCUT2D eigenvalue weighted by Crippen LogP contribution is 1.91. The van der Waals surface area contributed by atoms with E-state index in [-0.39, 0.29) is 0 Å². The minimum absolute atomic E-state index is 1.44. The van der Waals surface area contributed by atoms with E-state index in [1.54, 1.807) is 0 Å². The summed E-state index contributed by atoms with van der Waals surface area (Å²) in [4.78, 5) is 11.4. The summed E-state index contributed by atoms with van der Waals surface area (Å²) in [6.07, 6.45) is 0. The van der Waals surface area contributed by atoms with Crippen molar-refractivity contribution in [1.29, 1.82) is 0 Å². The van der Waals surface area contributed by atoms with Crippen molar-refractivity contribution in [3.05, 3.63) is 4.91 Å². The molecule has 3 nitrogen and oxygen atoms in total. The number of rotatable bonds is 2. The smallest absolute Gasteiger partial charge is 0.293 e. The van der Waals surface area contributed by atoms with Crippen LogP contribution in [-0.2, 0) is 4.84 Å². The van der Waals surface area contributed by atoms with Crippen molar-refractivity contribution < 1.29 is 13.6 Å². The van der Waals surface area contributed by atoms with Gasteiger partial charge in [0.2, 0.25) is 0 Å². The molecule has 0 N–H and O–H groups in total. The predicted molar refractivity (Wildman–Crippen MR) is 12.9 cm³/mol. The molecule has 0 unspecified atom stereocenters. The van der Waals surface area contributed by atoms with Gasteiger partial charge < -0.3 is 0 Å². The summed E-state index contributed by atoms with van der Waals surface area (Å²) in [5.41, 5.74) is 0. The molecule has 5 heteroatoms. The summed E-state index contributed by atoms with van der Waals surface area (Å²) in [6, 6.07) is 0. The largest absolute Gasteiger partial charge is 0.411 e. The van der Waals surface area contributed by atoms with Gasteiger partial charge in [-0.2, -0.15) is 8.78 Å². The molecule has 0 aliphatic rings. The Bertz CT molecular complexity index is 46.8. The fourth-order valence-corrected chi connectivity index (χ4v) is 0.0325. The van der Waals surface area contributed by atoms with Gasteiger partial charge in [0, 0.05) is 0 Å². The highest BCUT2D eigenvalue weighted by atomic mass is 19.3. The van der Waals surface area contributed by atoms with Crippen LogP contribution in [0, 0.1) is 4.91 Å². The van der Waals surface area contributed by atoms with Gasteiger partial charge in [0.05, 0.1) is 0 Å². The number of nitrogens with zero attached hydrogens (tertiary/aromatic N) is 1. The highest BCUT2D eigenvalue weighted by molar-refractivity contribution is 4.01. The van der Waals surface area contributed by atoms with E-state index in [0.29, 0.717) is 0 Å². The third-order valence-electron chi connectivity index (χ3n) is 0.123. The van der Waals surface area contributed by atoms with Crippen LogP contribution in [0.1, 0.15) is 0 Å². The molecule has 0 bridgehead atoms. The maximum atomic E-state index is 10.5. The molecule has 0 aliphatic carbocycles. The Morgan fingerprint density at radius 3 is 2.17 bits per heavy atom. The topological polar surface area (TPSA) is 38.7 Å². The van der Waals surface area contributed by atoms with Crippen LogP contribution in [0.4, 0.5) is 8.78 Å². The van der Waals surface area contributed by atoms with Crippen molar-refractivity contribution >= 4 is 0 Å². The van der Waals surface area contributed by atoms with Gasteiger partial charge in [-0.25, -0.2) is 0 Å². The molecule has 0 radical (unpaired) electrons. The minimum atomic E-state index is -3.08. The van der Waals surface area contributed by atoms with E-state index in [1.807, 2.05) is 0 Å². The molecule has 6 heavy (non-hydrogen) atoms. The Morgan fingerprint density at radius 1 is 1.67 bits per heavy atom. The summed E-state index contributed by atoms with van der Waals surface area (Å²) >= 11 is 0. The third-order valence-corrected chi connectivity index (χ3v) is 0.123. The second-order valence-corrected chi connectivity index (χ2v) is 0.441. The lowest BCUT2D eigenvalue weighted by Crippen LogP contribution is -1.87. The third kappa shape index (κ3) is 3.26. The van der Waals surface area contributed by atoms with Crippen molar-refractivity contribution in [1.82, 2.24) is 0 Å². The van der Waals surface area contributed by atoms with Crippen LogP contribution in [0.15, 0.2) is 5.34 Å². The molecule has 0 spiro atoms. The molecule has 0 aromatic rings. The van der Waals surface area contributed by atoms with Crippen molar-refractivity contribution in [3.63, 3.8) is 0 Å². The molecule has 0 heterocycles. The zero-order chi connectivity index (χ0) is 4.99. The summed E-state index contributed by atoms with van der Waals surface area (Å²) < 4.78 is 21.0. The molecule has 0 aromatic carbocycles. The molecule has 0 amide bonds. The number of hydrogen-bond donors (Lipinski definition) is 0. The van der Waals surface area contributed by atoms with Gasteiger partial charge in [0.1, 0.15) is 0 Å². The minimum Gasteiger partial charge on any atom is -0.293 e. The molecular weight excluding hydrogens is 96.0 g/mol. The van der Waals surface area contributed by atoms with Gasteiger partial charge >= 0.3 is 6.61 Å². The second kappa shape index (κ2) is 2.49. The van der Waals surface area contributed by atoms with Crippen LogP contribution in [0.2, 0.25) is 0 Å². The molecule has 0 fully saturated rings. The average molecular weight is 97.0 g/mol. The molecular formula is CHF2NO2. The van der Waals surface area contributed by atoms with Gasteiger partial charge in [-0.15, -0.1) is 4.91 Å². The van der Waals surface area contributed by atoms with Crippen LogP contribution in [-0.4, -0.2) is 6.61 Å². The summed E-state index contributed by atoms with van der Waals surface area (Å²) in [5.74, 6) is 0. The lowest BCUT2D eigenvalue weighted by atomic mass is 11.5. The quantitative estimate of drug-likeness (QED) is 0.379. The van der Waals surface area contributed by atoms with E-state index in [4.69, 9.17) is 4.91 Å². The zero-order valence-corrected chi connectivity index (χ0v) is 2.60. The lowest BCUT2D eigenvalue weighted by molar-refractivity contribution is -0.130. The second-order valence-electron chi connectivity index (χ2n) is 0.441. The first kappa shape index (κ1) is 5.26. The van der Waals surface area contributed by atoms with Gasteiger partial charge in [0.15, 0.2) is 5.34 Å². The van der Waals surface area contributed by atoms with Gasteiger partial charge in [-0.05, 0) is 0 Å². The Balaban J connectivity index is 2.81. The number of halogens is 2. The van der Waals surface area contributed by atoms with E-state index < -0.39 is 6.61 Å². The first-order valence-corrected chi connectivity index (χ1v) is 1.04. The van der Waals surface area contributed by atoms with E-state index in [0.717, 1.165) is 0 Å². The number of alkyl halides is 2. The first-order chi connectivity index (χ1) is 2.77. The summed E-state index contributed by atoms with van der Waals surface area (Å²) in [6.45, 7) is -3.08. The molecule has 0 atom stereocenters. The van der Waals surface area contributed by atoms with Gasteiger partial charge in [-0.1, -0.05) is 0 Å². The predicted octanol–water partition coefficient (Wildman–Crippen LogP) is 0.907. The Morgan fingerprint density at radius 2 is 2.17 bits per heavy atom. The standard InChI is InChI=1S/CHF2NO2/c2-1(3)6-4-5/h1H. The molecule has 0 rings (SSSR count). The van der Waals surface area contributed by atoms with Crippen LogP contribution < -0.4 is 0 Å². The maximum absolute atomic E-state index is 10.5. The Kier molecular flexibility index (Phi) is 2.19. The molecule has 0 saturated heterocycles. The lowest BCUT2D eigenvalue weighted by Gasteiger charge is -1.83. The Hall–Kier alpha value is -0.740. The number of hydrogen-bond acceptors (Lipinski definition) is 3. The maximum Gasteiger partial charge on any atom is 0.411 e.